The number of halogens is 2. The van der Waals surface area contributed by atoms with Gasteiger partial charge in [-0.3, -0.25) is 4.79 Å². The molecule has 0 bridgehead atoms. The summed E-state index contributed by atoms with van der Waals surface area (Å²) < 4.78 is 1.02. The molecular formula is C9H4Cl2OS. The molecule has 1 aromatic carbocycles. The Hall–Kier alpha value is -0.570. The van der Waals surface area contributed by atoms with Crippen LogP contribution in [0.5, 0.6) is 0 Å². The maximum Gasteiger partial charge on any atom is 0.253 e. The minimum absolute atomic E-state index is 0.437. The van der Waals surface area contributed by atoms with Crippen molar-refractivity contribution in [1.29, 1.82) is 0 Å². The highest BCUT2D eigenvalue weighted by molar-refractivity contribution is 7.17. The van der Waals surface area contributed by atoms with Crippen LogP contribution in [0.15, 0.2) is 23.6 Å². The highest BCUT2D eigenvalue weighted by atomic mass is 35.5. The van der Waals surface area contributed by atoms with Gasteiger partial charge >= 0.3 is 0 Å². The Morgan fingerprint density at radius 3 is 2.85 bits per heavy atom. The van der Waals surface area contributed by atoms with Crippen LogP contribution in [-0.4, -0.2) is 5.24 Å². The molecule has 0 N–H and O–H groups in total. The molecule has 0 atom stereocenters. The molecule has 0 spiro atoms. The van der Waals surface area contributed by atoms with Crippen LogP contribution < -0.4 is 0 Å². The van der Waals surface area contributed by atoms with Crippen molar-refractivity contribution in [2.24, 2.45) is 0 Å². The number of benzene rings is 1. The molecule has 0 aliphatic heterocycles. The van der Waals surface area contributed by atoms with E-state index in [-0.39, 0.29) is 0 Å². The molecule has 2 rings (SSSR count). The second kappa shape index (κ2) is 3.29. The lowest BCUT2D eigenvalue weighted by Gasteiger charge is -1.92. The van der Waals surface area contributed by atoms with E-state index in [0.717, 1.165) is 10.1 Å². The van der Waals surface area contributed by atoms with E-state index in [4.69, 9.17) is 23.2 Å². The summed E-state index contributed by atoms with van der Waals surface area (Å²) in [5, 5.41) is 2.76. The van der Waals surface area contributed by atoms with Crippen molar-refractivity contribution in [2.45, 2.75) is 0 Å². The predicted octanol–water partition coefficient (Wildman–Crippen LogP) is 3.93. The lowest BCUT2D eigenvalue weighted by Crippen LogP contribution is -1.84. The Labute approximate surface area is 88.9 Å². The number of hydrogen-bond acceptors (Lipinski definition) is 2. The van der Waals surface area contributed by atoms with Crippen molar-refractivity contribution in [3.05, 3.63) is 34.2 Å². The van der Waals surface area contributed by atoms with E-state index in [1.54, 1.807) is 17.5 Å². The Balaban J connectivity index is 2.79. The fourth-order valence-electron chi connectivity index (χ4n) is 1.15. The maximum atomic E-state index is 11.0. The van der Waals surface area contributed by atoms with Gasteiger partial charge < -0.3 is 0 Å². The zero-order valence-corrected chi connectivity index (χ0v) is 8.71. The summed E-state index contributed by atoms with van der Waals surface area (Å²) in [4.78, 5) is 11.0. The van der Waals surface area contributed by atoms with Gasteiger partial charge in [0.2, 0.25) is 0 Å². The lowest BCUT2D eigenvalue weighted by atomic mass is 10.2. The first-order valence-corrected chi connectivity index (χ1v) is 5.18. The quantitative estimate of drug-likeness (QED) is 0.679. The van der Waals surface area contributed by atoms with Gasteiger partial charge in [0.15, 0.2) is 0 Å². The number of rotatable bonds is 1. The molecule has 0 saturated heterocycles. The van der Waals surface area contributed by atoms with Gasteiger partial charge in [0.1, 0.15) is 0 Å². The van der Waals surface area contributed by atoms with Crippen LogP contribution >= 0.6 is 34.5 Å². The molecule has 1 nitrogen and oxygen atoms in total. The third-order valence-corrected chi connectivity index (χ3v) is 3.15. The summed E-state index contributed by atoms with van der Waals surface area (Å²) in [5.74, 6) is 0. The van der Waals surface area contributed by atoms with Crippen LogP contribution in [-0.2, 0) is 0 Å². The van der Waals surface area contributed by atoms with Gasteiger partial charge in [-0.1, -0.05) is 11.6 Å². The molecule has 13 heavy (non-hydrogen) atoms. The van der Waals surface area contributed by atoms with Gasteiger partial charge in [0.25, 0.3) is 5.24 Å². The van der Waals surface area contributed by atoms with E-state index in [0.29, 0.717) is 10.6 Å². The van der Waals surface area contributed by atoms with Gasteiger partial charge in [0.05, 0.1) is 5.56 Å². The number of carbonyl (C=O) groups excluding carboxylic acids is 1. The zero-order valence-electron chi connectivity index (χ0n) is 6.38. The molecule has 0 amide bonds. The molecule has 0 aliphatic carbocycles. The van der Waals surface area contributed by atoms with Gasteiger partial charge in [-0.05, 0) is 29.8 Å². The van der Waals surface area contributed by atoms with Crippen molar-refractivity contribution in [1.82, 2.24) is 0 Å². The minimum Gasteiger partial charge on any atom is -0.276 e. The molecule has 66 valence electrons. The first kappa shape index (κ1) is 9.00. The highest BCUT2D eigenvalue weighted by Gasteiger charge is 2.09. The fraction of sp³-hybridized carbons (Fsp3) is 0. The van der Waals surface area contributed by atoms with E-state index in [9.17, 15) is 4.79 Å². The molecule has 0 unspecified atom stereocenters. The summed E-state index contributed by atoms with van der Waals surface area (Å²) in [5.41, 5.74) is 0.532. The topological polar surface area (TPSA) is 17.1 Å². The van der Waals surface area contributed by atoms with Crippen molar-refractivity contribution in [3.8, 4) is 0 Å². The number of carbonyl (C=O) groups is 1. The van der Waals surface area contributed by atoms with E-state index in [1.165, 1.54) is 11.3 Å². The minimum atomic E-state index is -0.437. The van der Waals surface area contributed by atoms with Crippen LogP contribution in [0.2, 0.25) is 5.02 Å². The highest BCUT2D eigenvalue weighted by Crippen LogP contribution is 2.29. The van der Waals surface area contributed by atoms with Crippen LogP contribution in [0.4, 0.5) is 0 Å². The smallest absolute Gasteiger partial charge is 0.253 e. The molecule has 4 heteroatoms. The number of thiophene rings is 1. The molecule has 0 fully saturated rings. The largest absolute Gasteiger partial charge is 0.276 e. The Morgan fingerprint density at radius 1 is 1.38 bits per heavy atom. The Morgan fingerprint density at radius 2 is 2.15 bits per heavy atom. The summed E-state index contributed by atoms with van der Waals surface area (Å²) in [6.07, 6.45) is 0. The van der Waals surface area contributed by atoms with Gasteiger partial charge in [0, 0.05) is 20.5 Å². The molecule has 0 radical (unpaired) electrons. The molecule has 1 aromatic heterocycles. The number of fused-ring (bicyclic) bond motifs is 1. The lowest BCUT2D eigenvalue weighted by molar-refractivity contribution is 0.108. The number of hydrogen-bond donors (Lipinski definition) is 0. The van der Waals surface area contributed by atoms with Crippen LogP contribution in [0.25, 0.3) is 10.1 Å². The van der Waals surface area contributed by atoms with E-state index < -0.39 is 5.24 Å². The van der Waals surface area contributed by atoms with Crippen LogP contribution in [0.1, 0.15) is 10.4 Å². The van der Waals surface area contributed by atoms with Gasteiger partial charge in [-0.15, -0.1) is 11.3 Å². The second-order valence-corrected chi connectivity index (χ2v) is 4.25. The van der Waals surface area contributed by atoms with E-state index in [1.807, 2.05) is 6.07 Å². The van der Waals surface area contributed by atoms with Crippen molar-refractivity contribution >= 4 is 49.9 Å². The average molecular weight is 231 g/mol. The molecule has 1 heterocycles. The Kier molecular flexibility index (Phi) is 2.28. The average Bonchev–Trinajstić information content (AvgIpc) is 2.46. The first-order valence-electron chi connectivity index (χ1n) is 3.55. The van der Waals surface area contributed by atoms with Gasteiger partial charge in [-0.2, -0.15) is 0 Å². The first-order chi connectivity index (χ1) is 6.18. The second-order valence-electron chi connectivity index (χ2n) is 2.56. The predicted molar refractivity (Wildman–Crippen MR) is 57.0 cm³/mol. The zero-order chi connectivity index (χ0) is 9.42. The van der Waals surface area contributed by atoms with E-state index in [2.05, 4.69) is 0 Å². The molecule has 0 aliphatic rings. The van der Waals surface area contributed by atoms with E-state index >= 15 is 0 Å². The van der Waals surface area contributed by atoms with Crippen LogP contribution in [0, 0.1) is 0 Å². The monoisotopic (exact) mass is 230 g/mol. The summed E-state index contributed by atoms with van der Waals surface area (Å²) in [6, 6.07) is 5.43. The van der Waals surface area contributed by atoms with Crippen molar-refractivity contribution < 1.29 is 4.79 Å². The standard InChI is InChI=1S/C9H4Cl2OS/c10-5-1-2-8-6(3-5)7(4-13-8)9(11)12/h1-4H. The van der Waals surface area contributed by atoms with Crippen molar-refractivity contribution in [2.75, 3.05) is 0 Å². The summed E-state index contributed by atoms with van der Waals surface area (Å²) >= 11 is 12.7. The third kappa shape index (κ3) is 1.57. The maximum absolute atomic E-state index is 11.0. The Bertz CT molecular complexity index is 475. The fourth-order valence-corrected chi connectivity index (χ4v) is 2.47. The third-order valence-electron chi connectivity index (χ3n) is 1.75. The summed E-state index contributed by atoms with van der Waals surface area (Å²) in [7, 11) is 0. The van der Waals surface area contributed by atoms with Crippen LogP contribution in [0.3, 0.4) is 0 Å². The SMILES string of the molecule is O=C(Cl)c1csc2ccc(Cl)cc12. The molecule has 2 aromatic rings. The van der Waals surface area contributed by atoms with Crippen molar-refractivity contribution in [3.63, 3.8) is 0 Å². The summed E-state index contributed by atoms with van der Waals surface area (Å²) in [6.45, 7) is 0. The van der Waals surface area contributed by atoms with Gasteiger partial charge in [-0.25, -0.2) is 0 Å². The normalized spacial score (nSPS) is 10.6. The molecule has 0 saturated carbocycles. The molecular weight excluding hydrogens is 227 g/mol.